The second kappa shape index (κ2) is 10.5. The van der Waals surface area contributed by atoms with E-state index >= 15 is 0 Å². The van der Waals surface area contributed by atoms with E-state index in [1.54, 1.807) is 18.6 Å². The summed E-state index contributed by atoms with van der Waals surface area (Å²) in [7, 11) is -2.11. The van der Waals surface area contributed by atoms with Gasteiger partial charge < -0.3 is 19.6 Å². The van der Waals surface area contributed by atoms with Crippen LogP contribution in [0.1, 0.15) is 31.2 Å². The summed E-state index contributed by atoms with van der Waals surface area (Å²) >= 11 is 6.51. The number of aliphatic hydroxyl groups excluding tert-OH is 1. The first-order valence-electron chi connectivity index (χ1n) is 12.3. The van der Waals surface area contributed by atoms with Gasteiger partial charge in [0.05, 0.1) is 28.9 Å². The molecule has 204 valence electrons. The number of halogens is 3. The number of alkyl halides is 2. The van der Waals surface area contributed by atoms with Gasteiger partial charge in [0.1, 0.15) is 6.10 Å². The van der Waals surface area contributed by atoms with Crippen molar-refractivity contribution in [3.05, 3.63) is 47.0 Å². The average Bonchev–Trinajstić information content (AvgIpc) is 3.38. The minimum Gasteiger partial charge on any atom is -0.452 e. The van der Waals surface area contributed by atoms with Gasteiger partial charge in [-0.3, -0.25) is 4.21 Å². The summed E-state index contributed by atoms with van der Waals surface area (Å²) in [5.41, 5.74) is 4.35. The maximum atomic E-state index is 14.5. The van der Waals surface area contributed by atoms with Crippen molar-refractivity contribution in [1.82, 2.24) is 15.0 Å². The lowest BCUT2D eigenvalue weighted by molar-refractivity contribution is -0.110. The van der Waals surface area contributed by atoms with Crippen molar-refractivity contribution >= 4 is 38.1 Å². The normalized spacial score (nSPS) is 23.4. The minimum absolute atomic E-state index is 0.0902. The Morgan fingerprint density at radius 3 is 2.66 bits per heavy atom. The molecule has 0 bridgehead atoms. The Bertz CT molecular complexity index is 1480. The van der Waals surface area contributed by atoms with Crippen molar-refractivity contribution in [3.8, 4) is 17.3 Å². The highest BCUT2D eigenvalue weighted by molar-refractivity contribution is 7.92. The van der Waals surface area contributed by atoms with E-state index in [4.69, 9.17) is 26.2 Å². The van der Waals surface area contributed by atoms with E-state index in [1.165, 1.54) is 5.57 Å². The van der Waals surface area contributed by atoms with Crippen molar-refractivity contribution in [2.24, 2.45) is 4.36 Å². The van der Waals surface area contributed by atoms with Crippen molar-refractivity contribution in [2.75, 3.05) is 25.7 Å². The minimum atomic E-state index is -3.27. The predicted molar refractivity (Wildman–Crippen MR) is 143 cm³/mol. The van der Waals surface area contributed by atoms with Crippen molar-refractivity contribution in [3.63, 3.8) is 0 Å². The molecule has 1 aromatic carbocycles. The molecule has 0 saturated carbocycles. The average molecular weight is 567 g/mol. The molecule has 3 heterocycles. The van der Waals surface area contributed by atoms with Gasteiger partial charge in [-0.25, -0.2) is 9.35 Å². The maximum absolute atomic E-state index is 14.5. The smallest absolute Gasteiger partial charge is 0.312 e. The topological polar surface area (TPSA) is 110 Å². The number of ether oxygens (including phenoxy) is 2. The number of aromatic nitrogens is 3. The molecule has 0 spiro atoms. The Morgan fingerprint density at radius 1 is 1.26 bits per heavy atom. The quantitative estimate of drug-likeness (QED) is 0.411. The first kappa shape index (κ1) is 27.0. The molecular formula is C26H29ClF2N4O4S. The second-order valence-electron chi connectivity index (χ2n) is 9.87. The Hall–Kier alpha value is -2.60. The van der Waals surface area contributed by atoms with Gasteiger partial charge in [-0.2, -0.15) is 13.8 Å². The molecule has 8 nitrogen and oxygen atoms in total. The summed E-state index contributed by atoms with van der Waals surface area (Å²) in [6.45, 7) is -0.718. The monoisotopic (exact) mass is 566 g/mol. The summed E-state index contributed by atoms with van der Waals surface area (Å²) in [6.07, 6.45) is 4.85. The molecule has 3 atom stereocenters. The van der Waals surface area contributed by atoms with E-state index in [1.807, 2.05) is 24.3 Å². The fourth-order valence-electron chi connectivity index (χ4n) is 4.81. The van der Waals surface area contributed by atoms with Crippen LogP contribution in [-0.4, -0.2) is 74.2 Å². The molecule has 2 N–H and O–H groups in total. The predicted octanol–water partition coefficient (Wildman–Crippen LogP) is 5.11. The molecule has 0 radical (unpaired) electrons. The zero-order valence-electron chi connectivity index (χ0n) is 21.0. The highest BCUT2D eigenvalue weighted by Gasteiger charge is 2.55. The maximum Gasteiger partial charge on any atom is 0.312 e. The first-order chi connectivity index (χ1) is 18.0. The highest BCUT2D eigenvalue weighted by Crippen LogP contribution is 2.37. The summed E-state index contributed by atoms with van der Waals surface area (Å²) < 4.78 is 56.0. The highest BCUT2D eigenvalue weighted by atomic mass is 35.5. The van der Waals surface area contributed by atoms with Crippen LogP contribution in [0.15, 0.2) is 40.8 Å². The zero-order chi connectivity index (χ0) is 27.1. The molecular weight excluding hydrogens is 538 g/mol. The molecule has 38 heavy (non-hydrogen) atoms. The standard InChI is InChI=1S/C26H29ClF2N4O4S/c1-38(2,35)33-18-9-7-16(8-10-18)15-3-5-17(6-4-15)23-19(27)13-20-24(31-23)32-25(30-20)37-22-14-36-21(11-12-34)26(22,28)29/h3-7,13,18,21-22,34H,8-12,14H2,1-2H3,(H,30,31,32)/t18?,21-,22-/m1/s1. The summed E-state index contributed by atoms with van der Waals surface area (Å²) in [4.78, 5) is 11.6. The summed E-state index contributed by atoms with van der Waals surface area (Å²) in [5, 5.41) is 9.37. The molecule has 2 aromatic heterocycles. The van der Waals surface area contributed by atoms with Crippen LogP contribution >= 0.6 is 11.6 Å². The SMILES string of the molecule is CS(C)(=O)=NC1CC=C(c2ccc(-c3nc4nc(O[C@@H]5CO[C@H](CCO)C5(F)F)[nH]c4cc3Cl)cc2)CC1. The Kier molecular flexibility index (Phi) is 7.47. The molecule has 3 aromatic rings. The molecule has 1 saturated heterocycles. The van der Waals surface area contributed by atoms with Crippen LogP contribution in [0.2, 0.25) is 5.02 Å². The molecule has 1 aliphatic carbocycles. The third-order valence-electron chi connectivity index (χ3n) is 6.67. The Morgan fingerprint density at radius 2 is 2.00 bits per heavy atom. The lowest BCUT2D eigenvalue weighted by atomic mass is 9.90. The number of fused-ring (bicyclic) bond motifs is 1. The van der Waals surface area contributed by atoms with E-state index < -0.39 is 34.5 Å². The molecule has 1 unspecified atom stereocenters. The lowest BCUT2D eigenvalue weighted by Crippen LogP contribution is -2.42. The van der Waals surface area contributed by atoms with Crippen LogP contribution in [0.3, 0.4) is 0 Å². The number of allylic oxidation sites excluding steroid dienone is 1. The Labute approximate surface area is 224 Å². The number of H-pyrrole nitrogens is 1. The fourth-order valence-corrected chi connectivity index (χ4v) is 5.98. The van der Waals surface area contributed by atoms with Crippen LogP contribution < -0.4 is 4.74 Å². The van der Waals surface area contributed by atoms with Gasteiger partial charge in [0.2, 0.25) is 0 Å². The van der Waals surface area contributed by atoms with Crippen LogP contribution in [0.4, 0.5) is 8.78 Å². The van der Waals surface area contributed by atoms with Crippen molar-refractivity contribution in [2.45, 2.75) is 49.9 Å². The van der Waals surface area contributed by atoms with Crippen LogP contribution in [0, 0.1) is 0 Å². The molecule has 2 aliphatic rings. The van der Waals surface area contributed by atoms with Gasteiger partial charge in [-0.05, 0) is 36.5 Å². The van der Waals surface area contributed by atoms with E-state index in [0.717, 1.165) is 30.4 Å². The van der Waals surface area contributed by atoms with Gasteiger partial charge in [0.25, 0.3) is 6.01 Å². The van der Waals surface area contributed by atoms with Gasteiger partial charge in [-0.1, -0.05) is 41.9 Å². The number of nitrogens with zero attached hydrogens (tertiary/aromatic N) is 3. The van der Waals surface area contributed by atoms with Crippen LogP contribution in [-0.2, 0) is 14.5 Å². The number of hydrogen-bond donors (Lipinski definition) is 2. The third kappa shape index (κ3) is 5.70. The van der Waals surface area contributed by atoms with Gasteiger partial charge in [0, 0.05) is 40.8 Å². The molecule has 12 heteroatoms. The lowest BCUT2D eigenvalue weighted by Gasteiger charge is -2.21. The summed E-state index contributed by atoms with van der Waals surface area (Å²) in [5.74, 6) is -3.27. The number of aromatic amines is 1. The molecule has 1 fully saturated rings. The van der Waals surface area contributed by atoms with E-state index in [2.05, 4.69) is 25.4 Å². The number of hydrogen-bond acceptors (Lipinski definition) is 7. The van der Waals surface area contributed by atoms with Crippen molar-refractivity contribution < 1.29 is 27.6 Å². The molecule has 0 amide bonds. The van der Waals surface area contributed by atoms with Crippen molar-refractivity contribution in [1.29, 1.82) is 0 Å². The first-order valence-corrected chi connectivity index (χ1v) is 15.0. The summed E-state index contributed by atoms with van der Waals surface area (Å²) in [6, 6.07) is 9.50. The van der Waals surface area contributed by atoms with Crippen LogP contribution in [0.25, 0.3) is 28.0 Å². The van der Waals surface area contributed by atoms with Gasteiger partial charge in [0.15, 0.2) is 11.8 Å². The van der Waals surface area contributed by atoms with E-state index in [0.29, 0.717) is 16.2 Å². The third-order valence-corrected chi connectivity index (χ3v) is 7.77. The van der Waals surface area contributed by atoms with E-state index in [-0.39, 0.29) is 30.7 Å². The number of benzene rings is 1. The molecule has 5 rings (SSSR count). The van der Waals surface area contributed by atoms with Crippen LogP contribution in [0.5, 0.6) is 6.01 Å². The number of nitrogens with one attached hydrogen (secondary N) is 1. The largest absolute Gasteiger partial charge is 0.452 e. The van der Waals surface area contributed by atoms with E-state index in [9.17, 15) is 13.0 Å². The fraction of sp³-hybridized carbons (Fsp3) is 0.462. The van der Waals surface area contributed by atoms with Gasteiger partial charge >= 0.3 is 5.92 Å². The molecule has 1 aliphatic heterocycles. The second-order valence-corrected chi connectivity index (χ2v) is 12.8. The number of imidazole rings is 1. The number of aliphatic hydroxyl groups is 1. The van der Waals surface area contributed by atoms with Gasteiger partial charge in [-0.15, -0.1) is 0 Å². The number of pyridine rings is 1. The zero-order valence-corrected chi connectivity index (χ0v) is 22.6. The number of rotatable bonds is 7. The Balaban J connectivity index is 1.32.